The predicted molar refractivity (Wildman–Crippen MR) is 85.1 cm³/mol. The molecule has 19 heavy (non-hydrogen) atoms. The molecule has 0 N–H and O–H groups in total. The third-order valence-electron chi connectivity index (χ3n) is 4.64. The summed E-state index contributed by atoms with van der Waals surface area (Å²) in [4.78, 5) is 0. The van der Waals surface area contributed by atoms with Gasteiger partial charge in [-0.25, -0.2) is 0 Å². The van der Waals surface area contributed by atoms with E-state index in [1.165, 1.54) is 61.6 Å². The molecule has 1 aromatic rings. The molecule has 1 aliphatic rings. The summed E-state index contributed by atoms with van der Waals surface area (Å²) in [6, 6.07) is 6.75. The van der Waals surface area contributed by atoms with Crippen LogP contribution in [0.1, 0.15) is 61.6 Å². The Bertz CT molecular complexity index is 391. The molecule has 0 saturated heterocycles. The van der Waals surface area contributed by atoms with Crippen LogP contribution in [0.2, 0.25) is 0 Å². The molecule has 0 bridgehead atoms. The van der Waals surface area contributed by atoms with Crippen LogP contribution in [-0.4, -0.2) is 5.38 Å². The zero-order valence-electron chi connectivity index (χ0n) is 12.4. The van der Waals surface area contributed by atoms with E-state index in [0.717, 1.165) is 12.3 Å². The Hall–Kier alpha value is -0.490. The van der Waals surface area contributed by atoms with Gasteiger partial charge in [-0.1, -0.05) is 50.3 Å². The Morgan fingerprint density at radius 2 is 1.84 bits per heavy atom. The molecule has 2 rings (SSSR count). The van der Waals surface area contributed by atoms with E-state index in [2.05, 4.69) is 32.0 Å². The fourth-order valence-corrected chi connectivity index (χ4v) is 3.48. The summed E-state index contributed by atoms with van der Waals surface area (Å²) in [5, 5.41) is 0.309. The van der Waals surface area contributed by atoms with Gasteiger partial charge >= 0.3 is 0 Å². The quantitative estimate of drug-likeness (QED) is 0.596. The molecule has 0 amide bonds. The molecule has 0 aliphatic heterocycles. The summed E-state index contributed by atoms with van der Waals surface area (Å²) in [6.07, 6.45) is 10.7. The molecular weight excluding hydrogens is 252 g/mol. The molecule has 1 aliphatic carbocycles. The molecule has 1 fully saturated rings. The van der Waals surface area contributed by atoms with Crippen LogP contribution in [0.5, 0.6) is 0 Å². The van der Waals surface area contributed by atoms with Crippen LogP contribution in [0, 0.1) is 19.8 Å². The van der Waals surface area contributed by atoms with Gasteiger partial charge < -0.3 is 0 Å². The Morgan fingerprint density at radius 3 is 2.53 bits per heavy atom. The highest BCUT2D eigenvalue weighted by atomic mass is 35.5. The highest BCUT2D eigenvalue weighted by Crippen LogP contribution is 2.29. The third kappa shape index (κ3) is 4.84. The van der Waals surface area contributed by atoms with E-state index in [1.807, 2.05) is 0 Å². The van der Waals surface area contributed by atoms with E-state index >= 15 is 0 Å². The molecule has 106 valence electrons. The summed E-state index contributed by atoms with van der Waals surface area (Å²) in [7, 11) is 0. The molecule has 1 atom stereocenters. The van der Waals surface area contributed by atoms with E-state index in [4.69, 9.17) is 11.6 Å². The average Bonchev–Trinajstić information content (AvgIpc) is 2.42. The van der Waals surface area contributed by atoms with Crippen LogP contribution < -0.4 is 0 Å². The fraction of sp³-hybridized carbons (Fsp3) is 0.667. The lowest BCUT2D eigenvalue weighted by molar-refractivity contribution is 0.330. The van der Waals surface area contributed by atoms with Gasteiger partial charge in [0.2, 0.25) is 0 Å². The van der Waals surface area contributed by atoms with Crippen LogP contribution >= 0.6 is 11.6 Å². The molecule has 0 nitrogen and oxygen atoms in total. The van der Waals surface area contributed by atoms with Gasteiger partial charge in [-0.05, 0) is 55.7 Å². The lowest BCUT2D eigenvalue weighted by Gasteiger charge is -2.22. The van der Waals surface area contributed by atoms with Crippen molar-refractivity contribution in [3.8, 4) is 0 Å². The fourth-order valence-electron chi connectivity index (χ4n) is 3.18. The number of aryl methyl sites for hydroxylation is 2. The van der Waals surface area contributed by atoms with Crippen LogP contribution in [0.4, 0.5) is 0 Å². The average molecular weight is 279 g/mol. The smallest absolute Gasteiger partial charge is 0.0376 e. The van der Waals surface area contributed by atoms with Gasteiger partial charge in [-0.2, -0.15) is 0 Å². The second-order valence-corrected chi connectivity index (χ2v) is 6.92. The molecule has 1 heteroatoms. The maximum atomic E-state index is 6.53. The minimum atomic E-state index is 0.309. The van der Waals surface area contributed by atoms with E-state index in [1.54, 1.807) is 0 Å². The SMILES string of the molecule is Cc1ccc(CC(Cl)CCC2CCCCC2)cc1C. The zero-order valence-corrected chi connectivity index (χ0v) is 13.2. The zero-order chi connectivity index (χ0) is 13.7. The van der Waals surface area contributed by atoms with Crippen molar-refractivity contribution in [2.75, 3.05) is 0 Å². The van der Waals surface area contributed by atoms with Crippen molar-refractivity contribution in [2.45, 2.75) is 70.6 Å². The van der Waals surface area contributed by atoms with Crippen LogP contribution in [-0.2, 0) is 6.42 Å². The number of rotatable bonds is 5. The van der Waals surface area contributed by atoms with Crippen molar-refractivity contribution in [1.29, 1.82) is 0 Å². The molecule has 0 heterocycles. The maximum Gasteiger partial charge on any atom is 0.0376 e. The second kappa shape index (κ2) is 7.33. The summed E-state index contributed by atoms with van der Waals surface area (Å²) >= 11 is 6.53. The van der Waals surface area contributed by atoms with Crippen LogP contribution in [0.3, 0.4) is 0 Å². The van der Waals surface area contributed by atoms with Crippen molar-refractivity contribution in [3.63, 3.8) is 0 Å². The highest BCUT2D eigenvalue weighted by molar-refractivity contribution is 6.20. The number of hydrogen-bond donors (Lipinski definition) is 0. The monoisotopic (exact) mass is 278 g/mol. The third-order valence-corrected chi connectivity index (χ3v) is 5.01. The number of benzene rings is 1. The lowest BCUT2D eigenvalue weighted by Crippen LogP contribution is -2.10. The number of hydrogen-bond acceptors (Lipinski definition) is 0. The van der Waals surface area contributed by atoms with Crippen molar-refractivity contribution >= 4 is 11.6 Å². The predicted octanol–water partition coefficient (Wildman–Crippen LogP) is 5.81. The molecule has 1 aromatic carbocycles. The first kappa shape index (κ1) is 14.9. The molecule has 0 spiro atoms. The first-order valence-electron chi connectivity index (χ1n) is 7.85. The molecular formula is C18H27Cl. The van der Waals surface area contributed by atoms with E-state index < -0.39 is 0 Å². The van der Waals surface area contributed by atoms with Gasteiger partial charge in [0.25, 0.3) is 0 Å². The van der Waals surface area contributed by atoms with E-state index in [9.17, 15) is 0 Å². The first-order chi connectivity index (χ1) is 9.15. The van der Waals surface area contributed by atoms with Gasteiger partial charge in [-0.15, -0.1) is 11.6 Å². The molecule has 0 radical (unpaired) electrons. The summed E-state index contributed by atoms with van der Waals surface area (Å²) in [5.41, 5.74) is 4.15. The minimum Gasteiger partial charge on any atom is -0.123 e. The van der Waals surface area contributed by atoms with Crippen molar-refractivity contribution in [2.24, 2.45) is 5.92 Å². The lowest BCUT2D eigenvalue weighted by atomic mass is 9.85. The van der Waals surface area contributed by atoms with Gasteiger partial charge in [0, 0.05) is 5.38 Å². The van der Waals surface area contributed by atoms with Crippen molar-refractivity contribution in [3.05, 3.63) is 34.9 Å². The molecule has 1 saturated carbocycles. The normalized spacial score (nSPS) is 18.5. The number of halogens is 1. The van der Waals surface area contributed by atoms with Crippen LogP contribution in [0.25, 0.3) is 0 Å². The Labute approximate surface area is 123 Å². The van der Waals surface area contributed by atoms with Gasteiger partial charge in [-0.3, -0.25) is 0 Å². The maximum absolute atomic E-state index is 6.53. The van der Waals surface area contributed by atoms with Gasteiger partial charge in [0.15, 0.2) is 0 Å². The van der Waals surface area contributed by atoms with E-state index in [-0.39, 0.29) is 0 Å². The van der Waals surface area contributed by atoms with Gasteiger partial charge in [0.1, 0.15) is 0 Å². The standard InChI is InChI=1S/C18H27Cl/c1-14-8-9-17(12-15(14)2)13-18(19)11-10-16-6-4-3-5-7-16/h8-9,12,16,18H,3-7,10-11,13H2,1-2H3. The highest BCUT2D eigenvalue weighted by Gasteiger charge is 2.15. The van der Waals surface area contributed by atoms with Gasteiger partial charge in [0.05, 0.1) is 0 Å². The largest absolute Gasteiger partial charge is 0.123 e. The first-order valence-corrected chi connectivity index (χ1v) is 8.29. The Morgan fingerprint density at radius 1 is 1.11 bits per heavy atom. The summed E-state index contributed by atoms with van der Waals surface area (Å²) < 4.78 is 0. The minimum absolute atomic E-state index is 0.309. The Kier molecular flexibility index (Phi) is 5.76. The summed E-state index contributed by atoms with van der Waals surface area (Å²) in [5.74, 6) is 0.953. The topological polar surface area (TPSA) is 0 Å². The van der Waals surface area contributed by atoms with Crippen molar-refractivity contribution in [1.82, 2.24) is 0 Å². The summed E-state index contributed by atoms with van der Waals surface area (Å²) in [6.45, 7) is 4.35. The van der Waals surface area contributed by atoms with Crippen LogP contribution in [0.15, 0.2) is 18.2 Å². The molecule has 1 unspecified atom stereocenters. The second-order valence-electron chi connectivity index (χ2n) is 6.30. The Balaban J connectivity index is 1.76. The van der Waals surface area contributed by atoms with Crippen molar-refractivity contribution < 1.29 is 0 Å². The molecule has 0 aromatic heterocycles. The van der Waals surface area contributed by atoms with E-state index in [0.29, 0.717) is 5.38 Å². The number of alkyl halides is 1.